The third kappa shape index (κ3) is 5.70. The van der Waals surface area contributed by atoms with Gasteiger partial charge in [0.05, 0.1) is 17.7 Å². The normalized spacial score (nSPS) is 11.2. The Hall–Kier alpha value is -3.19. The van der Waals surface area contributed by atoms with Crippen molar-refractivity contribution >= 4 is 23.2 Å². The molecule has 3 rings (SSSR count). The van der Waals surface area contributed by atoms with E-state index < -0.39 is 22.7 Å². The Morgan fingerprint density at radius 1 is 1.06 bits per heavy atom. The number of ether oxygens (including phenoxy) is 2. The molecular weight excluding hydrogens is 431 g/mol. The Balaban J connectivity index is 1.79. The molecule has 0 saturated carbocycles. The van der Waals surface area contributed by atoms with Crippen LogP contribution in [0, 0.1) is 6.92 Å². The maximum atomic E-state index is 13.1. The minimum Gasteiger partial charge on any atom is -0.496 e. The summed E-state index contributed by atoms with van der Waals surface area (Å²) in [4.78, 5) is 12.6. The molecule has 3 aromatic carbocycles. The van der Waals surface area contributed by atoms with Crippen LogP contribution in [0.2, 0.25) is 5.02 Å². The number of halogens is 4. The molecule has 0 aromatic heterocycles. The standard InChI is InChI=1S/C23H19ClF3NO3/c1-14-4-3-5-18(10-14)31-13-16-11-15(6-9-21(16)30-2)22(29)28-17-7-8-20(24)19(12-17)23(25,26)27/h3-12H,13H2,1-2H3,(H,28,29). The molecule has 0 heterocycles. The molecular formula is C23H19ClF3NO3. The minimum absolute atomic E-state index is 0.0184. The molecule has 162 valence electrons. The fraction of sp³-hybridized carbons (Fsp3) is 0.174. The topological polar surface area (TPSA) is 47.6 Å². The van der Waals surface area contributed by atoms with E-state index in [4.69, 9.17) is 21.1 Å². The molecule has 0 aliphatic rings. The monoisotopic (exact) mass is 449 g/mol. The lowest BCUT2D eigenvalue weighted by Gasteiger charge is -2.14. The van der Waals surface area contributed by atoms with Crippen LogP contribution < -0.4 is 14.8 Å². The van der Waals surface area contributed by atoms with E-state index in [9.17, 15) is 18.0 Å². The Kier molecular flexibility index (Phi) is 6.75. The van der Waals surface area contributed by atoms with Gasteiger partial charge in [-0.2, -0.15) is 13.2 Å². The molecule has 8 heteroatoms. The number of rotatable bonds is 6. The summed E-state index contributed by atoms with van der Waals surface area (Å²) in [7, 11) is 1.50. The summed E-state index contributed by atoms with van der Waals surface area (Å²) in [5, 5.41) is 2.03. The van der Waals surface area contributed by atoms with E-state index in [-0.39, 0.29) is 17.9 Å². The van der Waals surface area contributed by atoms with Gasteiger partial charge >= 0.3 is 6.18 Å². The molecule has 31 heavy (non-hydrogen) atoms. The van der Waals surface area contributed by atoms with Crippen LogP contribution in [-0.2, 0) is 12.8 Å². The van der Waals surface area contributed by atoms with Gasteiger partial charge in [0, 0.05) is 16.8 Å². The summed E-state index contributed by atoms with van der Waals surface area (Å²) >= 11 is 5.62. The largest absolute Gasteiger partial charge is 0.496 e. The van der Waals surface area contributed by atoms with Crippen LogP contribution >= 0.6 is 11.6 Å². The Labute approximate surface area is 182 Å². The smallest absolute Gasteiger partial charge is 0.417 e. The highest BCUT2D eigenvalue weighted by molar-refractivity contribution is 6.31. The number of carbonyl (C=O) groups excluding carboxylic acids is 1. The van der Waals surface area contributed by atoms with Crippen molar-refractivity contribution < 1.29 is 27.4 Å². The molecule has 0 aliphatic heterocycles. The number of hydrogen-bond acceptors (Lipinski definition) is 3. The van der Waals surface area contributed by atoms with Gasteiger partial charge in [0.25, 0.3) is 5.91 Å². The number of aryl methyl sites for hydroxylation is 1. The highest BCUT2D eigenvalue weighted by atomic mass is 35.5. The lowest BCUT2D eigenvalue weighted by Crippen LogP contribution is -2.14. The van der Waals surface area contributed by atoms with E-state index in [1.54, 1.807) is 12.1 Å². The van der Waals surface area contributed by atoms with Gasteiger partial charge in [-0.05, 0) is 61.0 Å². The van der Waals surface area contributed by atoms with Crippen molar-refractivity contribution in [3.8, 4) is 11.5 Å². The second kappa shape index (κ2) is 9.31. The van der Waals surface area contributed by atoms with Crippen LogP contribution in [0.4, 0.5) is 18.9 Å². The molecule has 3 aromatic rings. The number of benzene rings is 3. The van der Waals surface area contributed by atoms with Gasteiger partial charge in [-0.1, -0.05) is 23.7 Å². The van der Waals surface area contributed by atoms with Crippen LogP contribution in [0.15, 0.2) is 60.7 Å². The van der Waals surface area contributed by atoms with E-state index >= 15 is 0 Å². The SMILES string of the molecule is COc1ccc(C(=O)Nc2ccc(Cl)c(C(F)(F)F)c2)cc1COc1cccc(C)c1. The average molecular weight is 450 g/mol. The van der Waals surface area contributed by atoms with E-state index in [0.717, 1.165) is 17.7 Å². The number of anilines is 1. The van der Waals surface area contributed by atoms with Gasteiger partial charge in [0.2, 0.25) is 0 Å². The average Bonchev–Trinajstić information content (AvgIpc) is 2.72. The van der Waals surface area contributed by atoms with Gasteiger partial charge in [-0.3, -0.25) is 4.79 Å². The number of hydrogen-bond donors (Lipinski definition) is 1. The first-order chi connectivity index (χ1) is 14.7. The van der Waals surface area contributed by atoms with Crippen molar-refractivity contribution in [2.75, 3.05) is 12.4 Å². The summed E-state index contributed by atoms with van der Waals surface area (Å²) in [6.45, 7) is 2.09. The van der Waals surface area contributed by atoms with Crippen molar-refractivity contribution in [3.05, 3.63) is 87.9 Å². The summed E-state index contributed by atoms with van der Waals surface area (Å²) < 4.78 is 50.3. The number of nitrogens with one attached hydrogen (secondary N) is 1. The third-order valence-corrected chi connectivity index (χ3v) is 4.79. The van der Waals surface area contributed by atoms with Crippen LogP contribution in [0.1, 0.15) is 27.0 Å². The Morgan fingerprint density at radius 2 is 1.84 bits per heavy atom. The quantitative estimate of drug-likeness (QED) is 0.467. The van der Waals surface area contributed by atoms with Gasteiger partial charge in [-0.25, -0.2) is 0 Å². The summed E-state index contributed by atoms with van der Waals surface area (Å²) in [6, 6.07) is 15.4. The molecule has 1 amide bonds. The zero-order valence-corrected chi connectivity index (χ0v) is 17.5. The van der Waals surface area contributed by atoms with E-state index in [2.05, 4.69) is 5.32 Å². The number of carbonyl (C=O) groups is 1. The fourth-order valence-corrected chi connectivity index (χ4v) is 3.15. The van der Waals surface area contributed by atoms with Crippen molar-refractivity contribution in [3.63, 3.8) is 0 Å². The first kappa shape index (κ1) is 22.5. The summed E-state index contributed by atoms with van der Waals surface area (Å²) in [5.74, 6) is 0.614. The minimum atomic E-state index is -4.63. The van der Waals surface area contributed by atoms with E-state index in [1.165, 1.54) is 19.2 Å². The first-order valence-corrected chi connectivity index (χ1v) is 9.59. The summed E-state index contributed by atoms with van der Waals surface area (Å²) in [6.07, 6.45) is -4.63. The van der Waals surface area contributed by atoms with Crippen LogP contribution in [-0.4, -0.2) is 13.0 Å². The fourth-order valence-electron chi connectivity index (χ4n) is 2.92. The van der Waals surface area contributed by atoms with Gasteiger partial charge in [0.15, 0.2) is 0 Å². The van der Waals surface area contributed by atoms with Crippen LogP contribution in [0.3, 0.4) is 0 Å². The van der Waals surface area contributed by atoms with Crippen LogP contribution in [0.25, 0.3) is 0 Å². The molecule has 0 unspecified atom stereocenters. The summed E-state index contributed by atoms with van der Waals surface area (Å²) in [5.41, 5.74) is 0.860. The van der Waals surface area contributed by atoms with Crippen molar-refractivity contribution in [2.24, 2.45) is 0 Å². The molecule has 0 bridgehead atoms. The second-order valence-electron chi connectivity index (χ2n) is 6.78. The highest BCUT2D eigenvalue weighted by Gasteiger charge is 2.33. The predicted octanol–water partition coefficient (Wildman–Crippen LogP) is 6.51. The van der Waals surface area contributed by atoms with Gasteiger partial charge < -0.3 is 14.8 Å². The number of alkyl halides is 3. The molecule has 0 atom stereocenters. The van der Waals surface area contributed by atoms with Crippen molar-refractivity contribution in [1.82, 2.24) is 0 Å². The van der Waals surface area contributed by atoms with Crippen molar-refractivity contribution in [2.45, 2.75) is 19.7 Å². The maximum Gasteiger partial charge on any atom is 0.417 e. The number of methoxy groups -OCH3 is 1. The maximum absolute atomic E-state index is 13.1. The number of amides is 1. The van der Waals surface area contributed by atoms with E-state index in [1.807, 2.05) is 31.2 Å². The highest BCUT2D eigenvalue weighted by Crippen LogP contribution is 2.36. The molecule has 0 radical (unpaired) electrons. The van der Waals surface area contributed by atoms with Crippen LogP contribution in [0.5, 0.6) is 11.5 Å². The molecule has 0 aliphatic carbocycles. The first-order valence-electron chi connectivity index (χ1n) is 9.22. The van der Waals surface area contributed by atoms with Gasteiger partial charge in [0.1, 0.15) is 18.1 Å². The molecule has 0 spiro atoms. The lowest BCUT2D eigenvalue weighted by molar-refractivity contribution is -0.137. The second-order valence-corrected chi connectivity index (χ2v) is 7.19. The molecule has 0 saturated heterocycles. The van der Waals surface area contributed by atoms with Gasteiger partial charge in [-0.15, -0.1) is 0 Å². The third-order valence-electron chi connectivity index (χ3n) is 4.46. The molecule has 0 fully saturated rings. The Bertz CT molecular complexity index is 1100. The van der Waals surface area contributed by atoms with Crippen molar-refractivity contribution in [1.29, 1.82) is 0 Å². The molecule has 4 nitrogen and oxygen atoms in total. The zero-order chi connectivity index (χ0) is 22.6. The zero-order valence-electron chi connectivity index (χ0n) is 16.7. The van der Waals surface area contributed by atoms with E-state index in [0.29, 0.717) is 17.1 Å². The predicted molar refractivity (Wildman–Crippen MR) is 113 cm³/mol. The lowest BCUT2D eigenvalue weighted by atomic mass is 10.1. The molecule has 1 N–H and O–H groups in total. The Morgan fingerprint density at radius 3 is 2.52 bits per heavy atom.